The Balaban J connectivity index is 2.26. The Labute approximate surface area is 97.2 Å². The first-order valence-corrected chi connectivity index (χ1v) is 5.81. The van der Waals surface area contributed by atoms with Gasteiger partial charge in [-0.25, -0.2) is 0 Å². The second-order valence-corrected chi connectivity index (χ2v) is 5.29. The highest BCUT2D eigenvalue weighted by molar-refractivity contribution is 6.05. The fraction of sp³-hybridized carbons (Fsp3) is 0.400. The van der Waals surface area contributed by atoms with Gasteiger partial charge >= 0.3 is 0 Å². The van der Waals surface area contributed by atoms with Gasteiger partial charge in [-0.05, 0) is 37.0 Å². The number of hydrogen-bond acceptors (Lipinski definition) is 1. The number of aryl methyl sites for hydroxylation is 1. The average Bonchev–Trinajstić information content (AvgIpc) is 2.49. The summed E-state index contributed by atoms with van der Waals surface area (Å²) >= 11 is 0. The summed E-state index contributed by atoms with van der Waals surface area (Å²) in [6.07, 6.45) is 3.93. The zero-order valence-electron chi connectivity index (χ0n) is 10.2. The Hall–Kier alpha value is -1.37. The van der Waals surface area contributed by atoms with Crippen LogP contribution < -0.4 is 0 Å². The van der Waals surface area contributed by atoms with Crippen LogP contribution in [0.15, 0.2) is 29.8 Å². The number of ketones is 1. The lowest BCUT2D eigenvalue weighted by atomic mass is 9.90. The lowest BCUT2D eigenvalue weighted by Crippen LogP contribution is -2.17. The molecule has 0 radical (unpaired) electrons. The molecule has 1 fully saturated rings. The SMILES string of the molecule is Cc1ccc(/C=C2\CCC(C)(C)C2=O)cc1. The number of rotatable bonds is 1. The number of hydrogen-bond donors (Lipinski definition) is 0. The molecule has 0 spiro atoms. The van der Waals surface area contributed by atoms with Crippen molar-refractivity contribution in [1.29, 1.82) is 0 Å². The van der Waals surface area contributed by atoms with E-state index in [4.69, 9.17) is 0 Å². The average molecular weight is 214 g/mol. The monoisotopic (exact) mass is 214 g/mol. The molecule has 0 saturated heterocycles. The fourth-order valence-corrected chi connectivity index (χ4v) is 2.11. The van der Waals surface area contributed by atoms with Crippen LogP contribution in [0.5, 0.6) is 0 Å². The fourth-order valence-electron chi connectivity index (χ4n) is 2.11. The summed E-state index contributed by atoms with van der Waals surface area (Å²) in [5.41, 5.74) is 3.21. The Kier molecular flexibility index (Phi) is 2.71. The van der Waals surface area contributed by atoms with Gasteiger partial charge in [0.25, 0.3) is 0 Å². The van der Waals surface area contributed by atoms with Gasteiger partial charge in [0.15, 0.2) is 5.78 Å². The van der Waals surface area contributed by atoms with Crippen LogP contribution >= 0.6 is 0 Å². The van der Waals surface area contributed by atoms with E-state index in [-0.39, 0.29) is 5.41 Å². The highest BCUT2D eigenvalue weighted by Gasteiger charge is 2.36. The molecule has 0 amide bonds. The van der Waals surface area contributed by atoms with Gasteiger partial charge in [0, 0.05) is 5.41 Å². The standard InChI is InChI=1S/C15H18O/c1-11-4-6-12(7-5-11)10-13-8-9-15(2,3)14(13)16/h4-7,10H,8-9H2,1-3H3/b13-10+. The van der Waals surface area contributed by atoms with E-state index in [1.165, 1.54) is 5.56 Å². The summed E-state index contributed by atoms with van der Waals surface area (Å²) in [6.45, 7) is 6.14. The molecule has 1 aliphatic rings. The third-order valence-electron chi connectivity index (χ3n) is 3.34. The van der Waals surface area contributed by atoms with Crippen molar-refractivity contribution in [2.24, 2.45) is 5.41 Å². The number of Topliss-reactive ketones (excluding diaryl/α,β-unsaturated/α-hetero) is 1. The molecule has 0 heterocycles. The van der Waals surface area contributed by atoms with E-state index in [0.717, 1.165) is 24.0 Å². The van der Waals surface area contributed by atoms with E-state index in [0.29, 0.717) is 5.78 Å². The normalized spacial score (nSPS) is 21.7. The van der Waals surface area contributed by atoms with Gasteiger partial charge in [-0.2, -0.15) is 0 Å². The molecule has 0 aromatic heterocycles. The molecule has 0 N–H and O–H groups in total. The Bertz CT molecular complexity index is 435. The second-order valence-electron chi connectivity index (χ2n) is 5.29. The minimum atomic E-state index is -0.156. The van der Waals surface area contributed by atoms with Crippen molar-refractivity contribution >= 4 is 11.9 Å². The van der Waals surface area contributed by atoms with Gasteiger partial charge < -0.3 is 0 Å². The third kappa shape index (κ3) is 2.08. The largest absolute Gasteiger partial charge is 0.294 e. The topological polar surface area (TPSA) is 17.1 Å². The Morgan fingerprint density at radius 3 is 2.31 bits per heavy atom. The van der Waals surface area contributed by atoms with E-state index >= 15 is 0 Å². The minimum Gasteiger partial charge on any atom is -0.294 e. The summed E-state index contributed by atoms with van der Waals surface area (Å²) in [5, 5.41) is 0. The van der Waals surface area contributed by atoms with Crippen LogP contribution in [0.2, 0.25) is 0 Å². The van der Waals surface area contributed by atoms with E-state index in [1.807, 2.05) is 19.9 Å². The van der Waals surface area contributed by atoms with Gasteiger partial charge in [0.2, 0.25) is 0 Å². The number of allylic oxidation sites excluding steroid dienone is 1. The molecule has 16 heavy (non-hydrogen) atoms. The van der Waals surface area contributed by atoms with E-state index < -0.39 is 0 Å². The summed E-state index contributed by atoms with van der Waals surface area (Å²) in [6, 6.07) is 8.30. The predicted octanol–water partition coefficient (Wildman–Crippen LogP) is 3.77. The molecular formula is C15H18O. The molecular weight excluding hydrogens is 196 g/mol. The van der Waals surface area contributed by atoms with Gasteiger partial charge in [0.1, 0.15) is 0 Å². The molecule has 1 aliphatic carbocycles. The van der Waals surface area contributed by atoms with Crippen molar-refractivity contribution in [3.63, 3.8) is 0 Å². The van der Waals surface area contributed by atoms with Crippen molar-refractivity contribution in [3.8, 4) is 0 Å². The molecule has 0 atom stereocenters. The van der Waals surface area contributed by atoms with Crippen LogP contribution in [0, 0.1) is 12.3 Å². The molecule has 0 bridgehead atoms. The van der Waals surface area contributed by atoms with Crippen LogP contribution in [-0.2, 0) is 4.79 Å². The van der Waals surface area contributed by atoms with Gasteiger partial charge in [-0.3, -0.25) is 4.79 Å². The van der Waals surface area contributed by atoms with Crippen molar-refractivity contribution < 1.29 is 4.79 Å². The van der Waals surface area contributed by atoms with Gasteiger partial charge in [-0.1, -0.05) is 43.7 Å². The summed E-state index contributed by atoms with van der Waals surface area (Å²) in [4.78, 5) is 12.0. The first-order chi connectivity index (χ1) is 7.49. The smallest absolute Gasteiger partial charge is 0.164 e. The quantitative estimate of drug-likeness (QED) is 0.650. The van der Waals surface area contributed by atoms with E-state index in [9.17, 15) is 4.79 Å². The number of carbonyl (C=O) groups is 1. The molecule has 1 heteroatoms. The zero-order chi connectivity index (χ0) is 11.8. The molecule has 1 nitrogen and oxygen atoms in total. The highest BCUT2D eigenvalue weighted by Crippen LogP contribution is 2.37. The highest BCUT2D eigenvalue weighted by atomic mass is 16.1. The lowest BCUT2D eigenvalue weighted by molar-refractivity contribution is -0.121. The van der Waals surface area contributed by atoms with Crippen LogP contribution in [0.25, 0.3) is 6.08 Å². The van der Waals surface area contributed by atoms with E-state index in [1.54, 1.807) is 0 Å². The third-order valence-corrected chi connectivity index (χ3v) is 3.34. The number of benzene rings is 1. The maximum absolute atomic E-state index is 12.0. The molecule has 1 saturated carbocycles. The molecule has 84 valence electrons. The van der Waals surface area contributed by atoms with Gasteiger partial charge in [-0.15, -0.1) is 0 Å². The van der Waals surface area contributed by atoms with Crippen LogP contribution in [-0.4, -0.2) is 5.78 Å². The van der Waals surface area contributed by atoms with E-state index in [2.05, 4.69) is 31.2 Å². The van der Waals surface area contributed by atoms with Crippen molar-refractivity contribution in [1.82, 2.24) is 0 Å². The second kappa shape index (κ2) is 3.89. The minimum absolute atomic E-state index is 0.156. The summed E-state index contributed by atoms with van der Waals surface area (Å²) < 4.78 is 0. The van der Waals surface area contributed by atoms with Gasteiger partial charge in [0.05, 0.1) is 0 Å². The van der Waals surface area contributed by atoms with Crippen molar-refractivity contribution in [3.05, 3.63) is 41.0 Å². The first kappa shape index (κ1) is 11.1. The van der Waals surface area contributed by atoms with Crippen LogP contribution in [0.4, 0.5) is 0 Å². The van der Waals surface area contributed by atoms with Crippen LogP contribution in [0.3, 0.4) is 0 Å². The Morgan fingerprint density at radius 1 is 1.19 bits per heavy atom. The first-order valence-electron chi connectivity index (χ1n) is 5.81. The van der Waals surface area contributed by atoms with Crippen LogP contribution in [0.1, 0.15) is 37.8 Å². The Morgan fingerprint density at radius 2 is 1.81 bits per heavy atom. The molecule has 1 aromatic rings. The molecule has 0 unspecified atom stereocenters. The molecule has 0 aliphatic heterocycles. The predicted molar refractivity (Wildman–Crippen MR) is 67.2 cm³/mol. The molecule has 2 rings (SSSR count). The maximum atomic E-state index is 12.0. The number of carbonyl (C=O) groups excluding carboxylic acids is 1. The summed E-state index contributed by atoms with van der Waals surface area (Å²) in [7, 11) is 0. The maximum Gasteiger partial charge on any atom is 0.164 e. The summed E-state index contributed by atoms with van der Waals surface area (Å²) in [5.74, 6) is 0.313. The zero-order valence-corrected chi connectivity index (χ0v) is 10.2. The van der Waals surface area contributed by atoms with Crippen molar-refractivity contribution in [2.45, 2.75) is 33.6 Å². The lowest BCUT2D eigenvalue weighted by Gasteiger charge is -2.12. The molecule has 1 aromatic carbocycles. The van der Waals surface area contributed by atoms with Crippen molar-refractivity contribution in [2.75, 3.05) is 0 Å².